The SMILES string of the molecule is CCC1C(=O)CC(C)c2c1c1cc3nc(cc4[nH]c(cc5nc(cc2[nH]1)C1=C5C2CCC1C(=O)C2)cc4C1C=CC(C)C(=O)C1)C(C1C=CC(C)CC1=O)=C3. The average molecular weight is 731 g/mol. The molecule has 10 bridgehead atoms. The first-order valence-electron chi connectivity index (χ1n) is 20.3. The van der Waals surface area contributed by atoms with Gasteiger partial charge in [0, 0.05) is 71.4 Å². The van der Waals surface area contributed by atoms with Crippen LogP contribution in [0.1, 0.15) is 130 Å². The summed E-state index contributed by atoms with van der Waals surface area (Å²) in [6.07, 6.45) is 14.7. The third kappa shape index (κ3) is 5.46. The highest BCUT2D eigenvalue weighted by Crippen LogP contribution is 2.53. The van der Waals surface area contributed by atoms with Crippen LogP contribution in [0.5, 0.6) is 0 Å². The van der Waals surface area contributed by atoms with Gasteiger partial charge in [-0.05, 0) is 107 Å². The maximum absolute atomic E-state index is 13.7. The molecule has 278 valence electrons. The lowest BCUT2D eigenvalue weighted by molar-refractivity contribution is -0.124. The standard InChI is InChI=1S/C47H46N4O4/c1-5-29-42(54)13-24(4)44-38-21-39-47-31-11-9-26(15-43(31)55)45(47)36(50-39)18-27-16-32(25-8-7-23(3)40(52)14-25)34(48-27)20-35-33(30-10-6-22(2)12-41(30)53)17-28(49-35)19-37(51-38)46(29)44/h6-8,10,16-26,29-31,48,51H,5,9,11-15H2,1-4H3. The molecule has 5 heterocycles. The number of nitrogens with one attached hydrogen (secondary N) is 2. The fourth-order valence-corrected chi connectivity index (χ4v) is 10.7. The van der Waals surface area contributed by atoms with Gasteiger partial charge >= 0.3 is 0 Å². The van der Waals surface area contributed by atoms with E-state index in [4.69, 9.17) is 9.97 Å². The van der Waals surface area contributed by atoms with Crippen LogP contribution in [0, 0.1) is 29.6 Å². The van der Waals surface area contributed by atoms with E-state index in [1.807, 2.05) is 37.3 Å². The molecule has 8 nitrogen and oxygen atoms in total. The van der Waals surface area contributed by atoms with Gasteiger partial charge in [0.15, 0.2) is 0 Å². The number of H-pyrrole nitrogens is 2. The molecule has 1 fully saturated rings. The van der Waals surface area contributed by atoms with Crippen LogP contribution in [0.15, 0.2) is 54.6 Å². The second kappa shape index (κ2) is 12.7. The summed E-state index contributed by atoms with van der Waals surface area (Å²) in [6.45, 7) is 8.21. The normalized spacial score (nSPS) is 29.9. The number of nitrogens with zero attached hydrogens (tertiary/aromatic N) is 2. The van der Waals surface area contributed by atoms with Gasteiger partial charge in [-0.3, -0.25) is 19.2 Å². The van der Waals surface area contributed by atoms with Gasteiger partial charge in [0.1, 0.15) is 23.1 Å². The van der Waals surface area contributed by atoms with Crippen molar-refractivity contribution in [1.29, 1.82) is 0 Å². The summed E-state index contributed by atoms with van der Waals surface area (Å²) in [4.78, 5) is 71.8. The second-order valence-corrected chi connectivity index (χ2v) is 17.2. The maximum atomic E-state index is 13.7. The van der Waals surface area contributed by atoms with E-state index in [-0.39, 0.29) is 58.8 Å². The zero-order chi connectivity index (χ0) is 37.9. The molecule has 0 amide bonds. The largest absolute Gasteiger partial charge is 0.355 e. The Balaban J connectivity index is 1.31. The molecule has 1 saturated carbocycles. The molecule has 11 rings (SSSR count). The number of aromatic amines is 2. The quantitative estimate of drug-likeness (QED) is 0.259. The molecular formula is C47H46N4O4. The molecular weight excluding hydrogens is 685 g/mol. The van der Waals surface area contributed by atoms with E-state index < -0.39 is 5.92 Å². The molecule has 55 heavy (non-hydrogen) atoms. The number of carbonyl (C=O) groups is 4. The van der Waals surface area contributed by atoms with Gasteiger partial charge in [-0.25, -0.2) is 9.97 Å². The van der Waals surface area contributed by atoms with Gasteiger partial charge in [-0.1, -0.05) is 52.0 Å². The minimum atomic E-state index is -0.427. The summed E-state index contributed by atoms with van der Waals surface area (Å²) in [5.74, 6) is 0.138. The zero-order valence-electron chi connectivity index (χ0n) is 31.9. The number of aromatic nitrogens is 4. The summed E-state index contributed by atoms with van der Waals surface area (Å²) in [7, 11) is 0. The van der Waals surface area contributed by atoms with Crippen molar-refractivity contribution in [3.63, 3.8) is 0 Å². The lowest BCUT2D eigenvalue weighted by atomic mass is 9.65. The summed E-state index contributed by atoms with van der Waals surface area (Å²) in [5.41, 5.74) is 12.8. The number of carbonyl (C=O) groups excluding carboxylic acids is 4. The highest BCUT2D eigenvalue weighted by atomic mass is 16.1. The number of hydrogen-bond acceptors (Lipinski definition) is 6. The van der Waals surface area contributed by atoms with Crippen molar-refractivity contribution in [3.05, 3.63) is 94.1 Å². The Morgan fingerprint density at radius 1 is 0.673 bits per heavy atom. The minimum Gasteiger partial charge on any atom is -0.355 e. The van der Waals surface area contributed by atoms with Crippen LogP contribution in [-0.4, -0.2) is 43.1 Å². The molecule has 0 spiro atoms. The molecule has 3 aromatic heterocycles. The maximum Gasteiger partial charge on any atom is 0.144 e. The highest BCUT2D eigenvalue weighted by Gasteiger charge is 2.45. The second-order valence-electron chi connectivity index (χ2n) is 17.2. The predicted octanol–water partition coefficient (Wildman–Crippen LogP) is 9.37. The van der Waals surface area contributed by atoms with Crippen molar-refractivity contribution in [3.8, 4) is 0 Å². The summed E-state index contributed by atoms with van der Waals surface area (Å²) < 4.78 is 0. The summed E-state index contributed by atoms with van der Waals surface area (Å²) in [6, 6.07) is 10.5. The highest BCUT2D eigenvalue weighted by molar-refractivity contribution is 6.09. The van der Waals surface area contributed by atoms with Crippen molar-refractivity contribution >= 4 is 68.0 Å². The van der Waals surface area contributed by atoms with Crippen molar-refractivity contribution in [2.45, 2.75) is 90.4 Å². The van der Waals surface area contributed by atoms with Crippen molar-refractivity contribution in [2.75, 3.05) is 0 Å². The van der Waals surface area contributed by atoms with Crippen LogP contribution in [0.25, 0.3) is 44.9 Å². The Hall–Kier alpha value is -5.24. The molecule has 2 aliphatic heterocycles. The van der Waals surface area contributed by atoms with Crippen molar-refractivity contribution in [2.24, 2.45) is 29.6 Å². The van der Waals surface area contributed by atoms with Gasteiger partial charge < -0.3 is 9.97 Å². The molecule has 0 aromatic carbocycles. The predicted molar refractivity (Wildman–Crippen MR) is 215 cm³/mol. The van der Waals surface area contributed by atoms with Crippen LogP contribution >= 0.6 is 0 Å². The Bertz CT molecular complexity index is 2560. The Morgan fingerprint density at radius 3 is 2.25 bits per heavy atom. The van der Waals surface area contributed by atoms with E-state index in [9.17, 15) is 19.2 Å². The van der Waals surface area contributed by atoms with Crippen LogP contribution in [-0.2, 0) is 19.2 Å². The molecule has 0 saturated heterocycles. The van der Waals surface area contributed by atoms with Crippen LogP contribution < -0.4 is 0 Å². The van der Waals surface area contributed by atoms with E-state index in [0.717, 1.165) is 74.1 Å². The smallest absolute Gasteiger partial charge is 0.144 e. The number of allylic oxidation sites excluding steroid dienone is 7. The Kier molecular flexibility index (Phi) is 7.88. The number of ketones is 4. The molecule has 3 aromatic rings. The van der Waals surface area contributed by atoms with E-state index in [1.165, 1.54) is 5.57 Å². The molecule has 8 heteroatoms. The van der Waals surface area contributed by atoms with Gasteiger partial charge in [0.2, 0.25) is 0 Å². The zero-order valence-corrected chi connectivity index (χ0v) is 31.9. The molecule has 2 N–H and O–H groups in total. The number of fused-ring (bicyclic) bond motifs is 13. The fourth-order valence-electron chi connectivity index (χ4n) is 10.7. The Labute approximate surface area is 320 Å². The lowest BCUT2D eigenvalue weighted by Crippen LogP contribution is -2.31. The molecule has 8 atom stereocenters. The molecule has 6 aliphatic carbocycles. The first-order valence-corrected chi connectivity index (χ1v) is 20.3. The third-order valence-electron chi connectivity index (χ3n) is 13.5. The minimum absolute atomic E-state index is 0.00477. The number of Topliss-reactive ketones (excluding diaryl/α,β-unsaturated/α-hetero) is 4. The van der Waals surface area contributed by atoms with Gasteiger partial charge in [0.25, 0.3) is 0 Å². The fraction of sp³-hybridized carbons (Fsp3) is 0.404. The van der Waals surface area contributed by atoms with Gasteiger partial charge in [-0.15, -0.1) is 0 Å². The molecule has 0 radical (unpaired) electrons. The first-order chi connectivity index (χ1) is 26.5. The van der Waals surface area contributed by atoms with Crippen LogP contribution in [0.4, 0.5) is 0 Å². The van der Waals surface area contributed by atoms with E-state index >= 15 is 0 Å². The Morgan fingerprint density at radius 2 is 1.47 bits per heavy atom. The average Bonchev–Trinajstić information content (AvgIpc) is 3.91. The third-order valence-corrected chi connectivity index (χ3v) is 13.5. The van der Waals surface area contributed by atoms with E-state index in [0.29, 0.717) is 49.3 Å². The monoisotopic (exact) mass is 730 g/mol. The number of hydrogen-bond donors (Lipinski definition) is 2. The van der Waals surface area contributed by atoms with Crippen LogP contribution in [0.2, 0.25) is 0 Å². The van der Waals surface area contributed by atoms with E-state index in [2.05, 4.69) is 61.1 Å². The topological polar surface area (TPSA) is 126 Å². The summed E-state index contributed by atoms with van der Waals surface area (Å²) in [5, 5.41) is 0. The first kappa shape index (κ1) is 34.3. The van der Waals surface area contributed by atoms with Crippen LogP contribution in [0.3, 0.4) is 0 Å². The van der Waals surface area contributed by atoms with Crippen molar-refractivity contribution < 1.29 is 19.2 Å². The number of rotatable bonds is 3. The molecule has 8 aliphatic rings. The van der Waals surface area contributed by atoms with Crippen molar-refractivity contribution in [1.82, 2.24) is 19.9 Å². The lowest BCUT2D eigenvalue weighted by Gasteiger charge is -2.36. The van der Waals surface area contributed by atoms with Gasteiger partial charge in [-0.2, -0.15) is 0 Å². The molecule has 8 unspecified atom stereocenters. The summed E-state index contributed by atoms with van der Waals surface area (Å²) >= 11 is 0. The van der Waals surface area contributed by atoms with Gasteiger partial charge in [0.05, 0.1) is 28.7 Å². The van der Waals surface area contributed by atoms with E-state index in [1.54, 1.807) is 0 Å².